The minimum Gasteiger partial charge on any atom is -0.339 e. The number of carbonyl (C=O) groups is 1. The van der Waals surface area contributed by atoms with Crippen molar-refractivity contribution < 1.29 is 4.79 Å². The molecule has 104 valence electrons. The van der Waals surface area contributed by atoms with Crippen LogP contribution in [0.2, 0.25) is 5.15 Å². The van der Waals surface area contributed by atoms with Crippen LogP contribution < -0.4 is 0 Å². The van der Waals surface area contributed by atoms with Gasteiger partial charge < -0.3 is 9.88 Å². The van der Waals surface area contributed by atoms with Gasteiger partial charge in [0, 0.05) is 24.2 Å². The molecule has 1 aliphatic rings. The molecule has 3 rings (SSSR count). The Labute approximate surface area is 122 Å². The van der Waals surface area contributed by atoms with Crippen molar-refractivity contribution in [1.82, 2.24) is 14.9 Å². The lowest BCUT2D eigenvalue weighted by Crippen LogP contribution is -2.42. The Kier molecular flexibility index (Phi) is 3.26. The number of rotatable bonds is 2. The molecule has 1 aliphatic heterocycles. The monoisotopic (exact) mass is 289 g/mol. The lowest BCUT2D eigenvalue weighted by atomic mass is 10.0. The van der Waals surface area contributed by atoms with E-state index in [2.05, 4.69) is 9.97 Å². The van der Waals surface area contributed by atoms with Crippen LogP contribution in [0.1, 0.15) is 28.2 Å². The molecule has 2 heterocycles. The van der Waals surface area contributed by atoms with Crippen molar-refractivity contribution in [3.8, 4) is 11.3 Å². The van der Waals surface area contributed by atoms with Gasteiger partial charge in [0.1, 0.15) is 16.7 Å². The van der Waals surface area contributed by atoms with Gasteiger partial charge >= 0.3 is 0 Å². The summed E-state index contributed by atoms with van der Waals surface area (Å²) in [5, 5.41) is 0.513. The average Bonchev–Trinajstić information content (AvgIpc) is 2.66. The van der Waals surface area contributed by atoms with Gasteiger partial charge in [-0.15, -0.1) is 0 Å². The zero-order valence-corrected chi connectivity index (χ0v) is 12.3. The number of nitrogens with one attached hydrogen (secondary N) is 1. The van der Waals surface area contributed by atoms with Crippen molar-refractivity contribution in [3.05, 3.63) is 40.3 Å². The fraction of sp³-hybridized carbons (Fsp3) is 0.333. The Morgan fingerprint density at radius 1 is 1.35 bits per heavy atom. The highest BCUT2D eigenvalue weighted by atomic mass is 35.5. The summed E-state index contributed by atoms with van der Waals surface area (Å²) < 4.78 is 0. The van der Waals surface area contributed by atoms with Crippen molar-refractivity contribution in [2.24, 2.45) is 0 Å². The first-order valence-electron chi connectivity index (χ1n) is 6.68. The molecule has 1 fully saturated rings. The molecule has 20 heavy (non-hydrogen) atoms. The first kappa shape index (κ1) is 13.2. The van der Waals surface area contributed by atoms with Gasteiger partial charge in [-0.25, -0.2) is 4.98 Å². The molecule has 0 unspecified atom stereocenters. The van der Waals surface area contributed by atoms with Crippen molar-refractivity contribution in [3.63, 3.8) is 0 Å². The molecule has 1 aromatic carbocycles. The summed E-state index contributed by atoms with van der Waals surface area (Å²) in [6, 6.07) is 5.70. The summed E-state index contributed by atoms with van der Waals surface area (Å²) >= 11 is 6.17. The van der Waals surface area contributed by atoms with Crippen LogP contribution in [-0.4, -0.2) is 33.9 Å². The van der Waals surface area contributed by atoms with Crippen LogP contribution in [0.5, 0.6) is 0 Å². The predicted octanol–water partition coefficient (Wildman–Crippen LogP) is 3.19. The maximum absolute atomic E-state index is 12.3. The largest absolute Gasteiger partial charge is 0.339 e. The third kappa shape index (κ3) is 2.20. The zero-order chi connectivity index (χ0) is 14.3. The highest BCUT2D eigenvalue weighted by Gasteiger charge is 2.22. The van der Waals surface area contributed by atoms with Crippen LogP contribution in [0, 0.1) is 13.8 Å². The van der Waals surface area contributed by atoms with Crippen LogP contribution in [0.4, 0.5) is 0 Å². The first-order valence-corrected chi connectivity index (χ1v) is 7.06. The van der Waals surface area contributed by atoms with Crippen molar-refractivity contribution in [1.29, 1.82) is 0 Å². The number of hydrogen-bond acceptors (Lipinski definition) is 2. The summed E-state index contributed by atoms with van der Waals surface area (Å²) in [4.78, 5) is 21.5. The van der Waals surface area contributed by atoms with Crippen molar-refractivity contribution >= 4 is 17.5 Å². The maximum Gasteiger partial charge on any atom is 0.253 e. The van der Waals surface area contributed by atoms with Gasteiger partial charge in [-0.3, -0.25) is 4.79 Å². The molecule has 0 atom stereocenters. The van der Waals surface area contributed by atoms with E-state index < -0.39 is 0 Å². The van der Waals surface area contributed by atoms with Crippen LogP contribution >= 0.6 is 11.6 Å². The number of benzene rings is 1. The van der Waals surface area contributed by atoms with E-state index in [1.54, 1.807) is 0 Å². The highest BCUT2D eigenvalue weighted by Crippen LogP contribution is 2.29. The molecule has 0 aliphatic carbocycles. The molecule has 1 aromatic heterocycles. The second kappa shape index (κ2) is 4.94. The molecule has 0 saturated carbocycles. The van der Waals surface area contributed by atoms with E-state index in [9.17, 15) is 4.79 Å². The molecule has 1 amide bonds. The number of aromatic nitrogens is 2. The Morgan fingerprint density at radius 2 is 2.10 bits per heavy atom. The SMILES string of the molecule is Cc1nc(-c2cc(C(=O)N3CCC3)ccc2C)c(Cl)[nH]1. The number of carbonyl (C=O) groups excluding carboxylic acids is 1. The summed E-state index contributed by atoms with van der Waals surface area (Å²) in [7, 11) is 0. The van der Waals surface area contributed by atoms with Crippen LogP contribution in [0.25, 0.3) is 11.3 Å². The number of H-pyrrole nitrogens is 1. The van der Waals surface area contributed by atoms with E-state index in [1.807, 2.05) is 36.9 Å². The maximum atomic E-state index is 12.3. The van der Waals surface area contributed by atoms with E-state index in [4.69, 9.17) is 11.6 Å². The van der Waals surface area contributed by atoms with E-state index >= 15 is 0 Å². The van der Waals surface area contributed by atoms with E-state index in [0.717, 1.165) is 36.5 Å². The number of aryl methyl sites for hydroxylation is 2. The van der Waals surface area contributed by atoms with Crippen LogP contribution in [0.15, 0.2) is 18.2 Å². The second-order valence-corrected chi connectivity index (χ2v) is 5.54. The predicted molar refractivity (Wildman–Crippen MR) is 79.0 cm³/mol. The van der Waals surface area contributed by atoms with Gasteiger partial charge in [0.15, 0.2) is 0 Å². The first-order chi connectivity index (χ1) is 9.56. The Bertz CT molecular complexity index is 674. The standard InChI is InChI=1S/C15H16ClN3O/c1-9-4-5-11(15(20)19-6-3-7-19)8-12(9)13-14(16)18-10(2)17-13/h4-5,8H,3,6-7H2,1-2H3,(H,17,18). The number of nitrogens with zero attached hydrogens (tertiary/aromatic N) is 2. The zero-order valence-electron chi connectivity index (χ0n) is 11.5. The Balaban J connectivity index is 2.02. The molecule has 0 spiro atoms. The molecule has 0 radical (unpaired) electrons. The minimum atomic E-state index is 0.0841. The Hall–Kier alpha value is -1.81. The van der Waals surface area contributed by atoms with Gasteiger partial charge in [-0.1, -0.05) is 17.7 Å². The summed E-state index contributed by atoms with van der Waals surface area (Å²) in [6.07, 6.45) is 1.09. The molecule has 1 saturated heterocycles. The quantitative estimate of drug-likeness (QED) is 0.923. The van der Waals surface area contributed by atoms with Gasteiger partial charge in [-0.05, 0) is 38.0 Å². The number of hydrogen-bond donors (Lipinski definition) is 1. The number of aromatic amines is 1. The van der Waals surface area contributed by atoms with Crippen molar-refractivity contribution in [2.45, 2.75) is 20.3 Å². The minimum absolute atomic E-state index is 0.0841. The number of amides is 1. The van der Waals surface area contributed by atoms with E-state index in [-0.39, 0.29) is 5.91 Å². The van der Waals surface area contributed by atoms with Gasteiger partial charge in [0.2, 0.25) is 0 Å². The molecule has 0 bridgehead atoms. The smallest absolute Gasteiger partial charge is 0.253 e. The van der Waals surface area contributed by atoms with Gasteiger partial charge in [0.05, 0.1) is 0 Å². The molecule has 5 heteroatoms. The molecule has 2 aromatic rings. The van der Waals surface area contributed by atoms with E-state index in [0.29, 0.717) is 16.4 Å². The lowest BCUT2D eigenvalue weighted by molar-refractivity contribution is 0.0652. The summed E-state index contributed by atoms with van der Waals surface area (Å²) in [6.45, 7) is 5.56. The highest BCUT2D eigenvalue weighted by molar-refractivity contribution is 6.32. The molecular weight excluding hydrogens is 274 g/mol. The fourth-order valence-corrected chi connectivity index (χ4v) is 2.63. The second-order valence-electron chi connectivity index (χ2n) is 5.16. The van der Waals surface area contributed by atoms with Crippen molar-refractivity contribution in [2.75, 3.05) is 13.1 Å². The van der Waals surface area contributed by atoms with Gasteiger partial charge in [0.25, 0.3) is 5.91 Å². The Morgan fingerprint density at radius 3 is 2.65 bits per heavy atom. The summed E-state index contributed by atoms with van der Waals surface area (Å²) in [5.74, 6) is 0.852. The normalized spacial score (nSPS) is 14.2. The van der Waals surface area contributed by atoms with Crippen LogP contribution in [-0.2, 0) is 0 Å². The molecule has 1 N–H and O–H groups in total. The molecule has 4 nitrogen and oxygen atoms in total. The number of halogens is 1. The van der Waals surface area contributed by atoms with Crippen LogP contribution in [0.3, 0.4) is 0 Å². The van der Waals surface area contributed by atoms with Gasteiger partial charge in [-0.2, -0.15) is 0 Å². The fourth-order valence-electron chi connectivity index (χ4n) is 2.35. The number of imidazole rings is 1. The lowest BCUT2D eigenvalue weighted by Gasteiger charge is -2.31. The average molecular weight is 290 g/mol. The third-order valence-corrected chi connectivity index (χ3v) is 3.93. The van der Waals surface area contributed by atoms with E-state index in [1.165, 1.54) is 0 Å². The third-order valence-electron chi connectivity index (χ3n) is 3.66. The number of likely N-dealkylation sites (tertiary alicyclic amines) is 1. The topological polar surface area (TPSA) is 49.0 Å². The molecular formula is C15H16ClN3O. The summed E-state index contributed by atoms with van der Waals surface area (Å²) in [5.41, 5.74) is 3.37.